The molecule has 1 saturated carbocycles. The monoisotopic (exact) mass is 805 g/mol. The Bertz CT molecular complexity index is 2560. The summed E-state index contributed by atoms with van der Waals surface area (Å²) in [5, 5.41) is 18.0. The number of nitrogens with zero attached hydrogens (tertiary/aromatic N) is 6. The first kappa shape index (κ1) is 39.4. The van der Waals surface area contributed by atoms with Crippen molar-refractivity contribution in [2.24, 2.45) is 0 Å². The number of piperidine rings is 2. The Morgan fingerprint density at radius 1 is 0.883 bits per heavy atom. The normalized spacial score (nSPS) is 20.8. The van der Waals surface area contributed by atoms with Crippen LogP contribution in [0, 0.1) is 6.92 Å². The highest BCUT2D eigenvalue weighted by atomic mass is 16.5. The zero-order valence-corrected chi connectivity index (χ0v) is 34.8. The molecule has 13 nitrogen and oxygen atoms in total. The third-order valence-corrected chi connectivity index (χ3v) is 12.8. The Labute approximate surface area is 349 Å². The number of aryl methyl sites for hydroxylation is 1. The Balaban J connectivity index is 0.794. The molecule has 9 rings (SSSR count). The lowest BCUT2D eigenvalue weighted by molar-refractivity contribution is -0.134. The van der Waals surface area contributed by atoms with Gasteiger partial charge < -0.3 is 14.7 Å². The second-order valence-corrected chi connectivity index (χ2v) is 17.9. The maximum atomic E-state index is 12.9. The standard InChI is InChI=1S/C47H51N9O4/c1-26-20-31(10-12-36(26)27(2)50-45(59)43-52-46(60-55-43)47(3,4)5)41-38-23-34(25-49-42(38)54-53-41)32-11-14-39(48-24-32)30-16-18-56(19-17-30)35-21-33(22-35)28-6-8-29(9-7-28)37-13-15-40(57)51-44(37)58/h6-12,14,20,23-25,27,30,33,35,37H,13,15-19,21-22H2,1-5H3,(H,50,59)(H,49,53,54)(H,51,57,58). The van der Waals surface area contributed by atoms with E-state index < -0.39 is 0 Å². The van der Waals surface area contributed by atoms with Gasteiger partial charge in [0.15, 0.2) is 5.65 Å². The maximum Gasteiger partial charge on any atom is 0.293 e. The number of carbonyl (C=O) groups excluding carboxylic acids is 3. The van der Waals surface area contributed by atoms with Crippen LogP contribution in [-0.2, 0) is 15.0 Å². The molecule has 6 aromatic rings. The Hall–Kier alpha value is -6.08. The summed E-state index contributed by atoms with van der Waals surface area (Å²) in [6, 6.07) is 21.4. The maximum absolute atomic E-state index is 12.9. The van der Waals surface area contributed by atoms with Crippen LogP contribution in [0.1, 0.15) is 134 Å². The number of aromatic nitrogens is 6. The third-order valence-electron chi connectivity index (χ3n) is 12.8. The van der Waals surface area contributed by atoms with Gasteiger partial charge in [-0.25, -0.2) is 4.98 Å². The largest absolute Gasteiger partial charge is 0.343 e. The molecule has 0 spiro atoms. The van der Waals surface area contributed by atoms with Gasteiger partial charge in [0.2, 0.25) is 17.7 Å². The molecule has 3 fully saturated rings. The van der Waals surface area contributed by atoms with Gasteiger partial charge in [0.25, 0.3) is 11.7 Å². The zero-order chi connectivity index (χ0) is 41.7. The number of rotatable bonds is 9. The van der Waals surface area contributed by atoms with Gasteiger partial charge in [0.05, 0.1) is 12.0 Å². The molecule has 2 aliphatic heterocycles. The van der Waals surface area contributed by atoms with Crippen molar-refractivity contribution >= 4 is 28.8 Å². The van der Waals surface area contributed by atoms with Gasteiger partial charge in [-0.1, -0.05) is 68.4 Å². The summed E-state index contributed by atoms with van der Waals surface area (Å²) in [5.41, 5.74) is 9.59. The van der Waals surface area contributed by atoms with E-state index in [1.807, 2.05) is 59.1 Å². The first-order chi connectivity index (χ1) is 28.9. The fourth-order valence-electron chi connectivity index (χ4n) is 9.10. The molecule has 2 unspecified atom stereocenters. The number of hydrogen-bond acceptors (Lipinski definition) is 10. The van der Waals surface area contributed by atoms with Crippen LogP contribution in [0.2, 0.25) is 0 Å². The van der Waals surface area contributed by atoms with Gasteiger partial charge in [-0.3, -0.25) is 29.8 Å². The number of imide groups is 1. The fourth-order valence-corrected chi connectivity index (χ4v) is 9.10. The van der Waals surface area contributed by atoms with E-state index in [1.54, 1.807) is 0 Å². The van der Waals surface area contributed by atoms with Gasteiger partial charge in [-0.15, -0.1) is 0 Å². The lowest BCUT2D eigenvalue weighted by Crippen LogP contribution is -2.47. The average Bonchev–Trinajstić information content (AvgIpc) is 3.90. The number of hydrogen-bond donors (Lipinski definition) is 3. The molecular weight excluding hydrogens is 755 g/mol. The molecule has 0 bridgehead atoms. The first-order valence-electron chi connectivity index (χ1n) is 21.1. The molecule has 2 saturated heterocycles. The Morgan fingerprint density at radius 2 is 1.62 bits per heavy atom. The van der Waals surface area contributed by atoms with Gasteiger partial charge in [-0.2, -0.15) is 10.1 Å². The summed E-state index contributed by atoms with van der Waals surface area (Å²) in [6.07, 6.45) is 9.35. The minimum Gasteiger partial charge on any atom is -0.343 e. The number of fused-ring (bicyclic) bond motifs is 1. The van der Waals surface area contributed by atoms with Crippen LogP contribution in [0.25, 0.3) is 33.4 Å². The summed E-state index contributed by atoms with van der Waals surface area (Å²) in [6.45, 7) is 12.0. The highest BCUT2D eigenvalue weighted by Crippen LogP contribution is 2.42. The minimum atomic E-state index is -0.385. The van der Waals surface area contributed by atoms with E-state index in [0.717, 1.165) is 88.9 Å². The van der Waals surface area contributed by atoms with E-state index in [-0.39, 0.29) is 40.9 Å². The number of benzene rings is 2. The van der Waals surface area contributed by atoms with Crippen molar-refractivity contribution in [1.82, 2.24) is 45.8 Å². The Morgan fingerprint density at radius 3 is 2.30 bits per heavy atom. The van der Waals surface area contributed by atoms with Crippen molar-refractivity contribution in [2.45, 2.75) is 108 Å². The van der Waals surface area contributed by atoms with Gasteiger partial charge in [0, 0.05) is 64.0 Å². The number of nitrogens with one attached hydrogen (secondary N) is 3. The van der Waals surface area contributed by atoms with Crippen LogP contribution in [-0.4, -0.2) is 72.1 Å². The number of carbonyl (C=O) groups is 3. The summed E-state index contributed by atoms with van der Waals surface area (Å²) < 4.78 is 5.31. The van der Waals surface area contributed by atoms with Crippen molar-refractivity contribution < 1.29 is 18.9 Å². The molecular formula is C47H51N9O4. The molecule has 4 aromatic heterocycles. The van der Waals surface area contributed by atoms with Gasteiger partial charge >= 0.3 is 0 Å². The molecule has 60 heavy (non-hydrogen) atoms. The highest BCUT2D eigenvalue weighted by Gasteiger charge is 2.37. The van der Waals surface area contributed by atoms with E-state index in [2.05, 4.69) is 84.4 Å². The Kier molecular flexibility index (Phi) is 10.4. The summed E-state index contributed by atoms with van der Waals surface area (Å²) in [5.74, 6) is 0.457. The molecule has 0 radical (unpaired) electrons. The smallest absolute Gasteiger partial charge is 0.293 e. The molecule has 13 heteroatoms. The quantitative estimate of drug-likeness (QED) is 0.122. The molecule has 6 heterocycles. The van der Waals surface area contributed by atoms with E-state index in [4.69, 9.17) is 14.5 Å². The molecule has 3 amide bonds. The third kappa shape index (κ3) is 7.85. The van der Waals surface area contributed by atoms with Crippen LogP contribution in [0.5, 0.6) is 0 Å². The van der Waals surface area contributed by atoms with Crippen molar-refractivity contribution in [3.05, 3.63) is 113 Å². The molecule has 3 N–H and O–H groups in total. The molecule has 308 valence electrons. The van der Waals surface area contributed by atoms with E-state index in [0.29, 0.717) is 42.3 Å². The van der Waals surface area contributed by atoms with Crippen LogP contribution in [0.4, 0.5) is 0 Å². The number of pyridine rings is 2. The van der Waals surface area contributed by atoms with Crippen LogP contribution < -0.4 is 10.6 Å². The topological polar surface area (TPSA) is 172 Å². The second kappa shape index (κ2) is 15.8. The van der Waals surface area contributed by atoms with Crippen LogP contribution in [0.3, 0.4) is 0 Å². The number of aromatic amines is 1. The molecule has 2 aromatic carbocycles. The highest BCUT2D eigenvalue weighted by molar-refractivity contribution is 6.01. The van der Waals surface area contributed by atoms with Gasteiger partial charge in [0.1, 0.15) is 5.69 Å². The van der Waals surface area contributed by atoms with E-state index >= 15 is 0 Å². The van der Waals surface area contributed by atoms with Crippen molar-refractivity contribution in [1.29, 1.82) is 0 Å². The van der Waals surface area contributed by atoms with Crippen molar-refractivity contribution in [2.75, 3.05) is 13.1 Å². The molecule has 1 aliphatic carbocycles. The predicted molar refractivity (Wildman–Crippen MR) is 227 cm³/mol. The minimum absolute atomic E-state index is 0.0210. The number of amides is 3. The zero-order valence-electron chi connectivity index (χ0n) is 34.8. The van der Waals surface area contributed by atoms with Crippen molar-refractivity contribution in [3.63, 3.8) is 0 Å². The van der Waals surface area contributed by atoms with E-state index in [9.17, 15) is 14.4 Å². The van der Waals surface area contributed by atoms with Crippen LogP contribution in [0.15, 0.2) is 77.6 Å². The second-order valence-electron chi connectivity index (χ2n) is 17.9. The lowest BCUT2D eigenvalue weighted by atomic mass is 9.74. The average molecular weight is 806 g/mol. The summed E-state index contributed by atoms with van der Waals surface area (Å²) in [7, 11) is 0. The van der Waals surface area contributed by atoms with E-state index in [1.165, 1.54) is 5.56 Å². The number of likely N-dealkylation sites (tertiary alicyclic amines) is 1. The SMILES string of the molecule is Cc1cc(-c2n[nH]c3ncc(-c4ccc(C5CCN(C6CC(c7ccc(C8CCC(=O)NC8=O)cc7)C6)CC5)nc4)cc23)ccc1C(C)NC(=O)c1noc(C(C)(C)C)n1. The van der Waals surface area contributed by atoms with Gasteiger partial charge in [-0.05, 0) is 105 Å². The molecule has 2 atom stereocenters. The lowest BCUT2D eigenvalue weighted by Gasteiger charge is -2.46. The van der Waals surface area contributed by atoms with Crippen molar-refractivity contribution in [3.8, 4) is 22.4 Å². The van der Waals surface area contributed by atoms with Crippen LogP contribution >= 0.6 is 0 Å². The molecule has 3 aliphatic rings. The number of H-pyrrole nitrogens is 1. The summed E-state index contributed by atoms with van der Waals surface area (Å²) >= 11 is 0. The predicted octanol–water partition coefficient (Wildman–Crippen LogP) is 7.81. The fraction of sp³-hybridized carbons (Fsp3) is 0.404. The summed E-state index contributed by atoms with van der Waals surface area (Å²) in [4.78, 5) is 53.4. The first-order valence-corrected chi connectivity index (χ1v) is 21.1.